The molecule has 4 heteroatoms. The van der Waals surface area contributed by atoms with Gasteiger partial charge in [-0.15, -0.1) is 0 Å². The van der Waals surface area contributed by atoms with Gasteiger partial charge in [-0.3, -0.25) is 0 Å². The second kappa shape index (κ2) is 5.25. The molecule has 0 atom stereocenters. The fraction of sp³-hybridized carbons (Fsp3) is 0.500. The Balaban J connectivity index is 2.46. The molecule has 0 unspecified atom stereocenters. The molecule has 0 radical (unpaired) electrons. The van der Waals surface area contributed by atoms with Gasteiger partial charge in [-0.25, -0.2) is 8.78 Å². The van der Waals surface area contributed by atoms with Crippen molar-refractivity contribution in [2.24, 2.45) is 0 Å². The van der Waals surface area contributed by atoms with Crippen LogP contribution >= 0.6 is 0 Å². The lowest BCUT2D eigenvalue weighted by atomic mass is 10.1. The smallest absolute Gasteiger partial charge is 0.160 e. The standard InChI is InChI=1S/C12H17F2NO/c1-12(2,16-3)6-7-15-9-4-5-10(13)11(14)8-9/h4-5,8,15H,6-7H2,1-3H3. The fourth-order valence-corrected chi connectivity index (χ4v) is 1.22. The summed E-state index contributed by atoms with van der Waals surface area (Å²) in [6, 6.07) is 3.77. The minimum absolute atomic E-state index is 0.217. The molecule has 0 saturated carbocycles. The predicted octanol–water partition coefficient (Wildman–Crippen LogP) is 3.19. The van der Waals surface area contributed by atoms with E-state index >= 15 is 0 Å². The van der Waals surface area contributed by atoms with Gasteiger partial charge in [0, 0.05) is 19.3 Å². The van der Waals surface area contributed by atoms with E-state index < -0.39 is 11.6 Å². The van der Waals surface area contributed by atoms with Gasteiger partial charge in [-0.05, 0) is 38.5 Å². The van der Waals surface area contributed by atoms with Crippen LogP contribution in [0, 0.1) is 11.6 Å². The summed E-state index contributed by atoms with van der Waals surface area (Å²) in [5.41, 5.74) is 0.358. The van der Waals surface area contributed by atoms with E-state index in [-0.39, 0.29) is 5.60 Å². The molecule has 0 heterocycles. The van der Waals surface area contributed by atoms with Crippen molar-refractivity contribution in [1.29, 1.82) is 0 Å². The molecule has 2 nitrogen and oxygen atoms in total. The molecule has 1 rings (SSSR count). The van der Waals surface area contributed by atoms with Crippen molar-refractivity contribution in [2.45, 2.75) is 25.9 Å². The van der Waals surface area contributed by atoms with Crippen molar-refractivity contribution in [3.8, 4) is 0 Å². The Labute approximate surface area is 94.6 Å². The van der Waals surface area contributed by atoms with E-state index in [2.05, 4.69) is 5.32 Å². The minimum Gasteiger partial charge on any atom is -0.385 e. The predicted molar refractivity (Wildman–Crippen MR) is 60.6 cm³/mol. The van der Waals surface area contributed by atoms with Gasteiger partial charge in [0.15, 0.2) is 11.6 Å². The van der Waals surface area contributed by atoms with Crippen LogP contribution in [-0.2, 0) is 4.74 Å². The van der Waals surface area contributed by atoms with Gasteiger partial charge in [0.2, 0.25) is 0 Å². The first-order chi connectivity index (χ1) is 7.44. The van der Waals surface area contributed by atoms with Crippen LogP contribution < -0.4 is 5.32 Å². The van der Waals surface area contributed by atoms with Crippen LogP contribution in [0.25, 0.3) is 0 Å². The monoisotopic (exact) mass is 229 g/mol. The van der Waals surface area contributed by atoms with Crippen LogP contribution in [0.3, 0.4) is 0 Å². The maximum Gasteiger partial charge on any atom is 0.160 e. The minimum atomic E-state index is -0.837. The second-order valence-electron chi connectivity index (χ2n) is 4.27. The highest BCUT2D eigenvalue weighted by molar-refractivity contribution is 5.43. The number of nitrogens with one attached hydrogen (secondary N) is 1. The van der Waals surface area contributed by atoms with Crippen LogP contribution in [0.2, 0.25) is 0 Å². The number of ether oxygens (including phenoxy) is 1. The maximum atomic E-state index is 12.9. The molecule has 0 saturated heterocycles. The molecule has 1 N–H and O–H groups in total. The van der Waals surface area contributed by atoms with E-state index in [1.54, 1.807) is 7.11 Å². The van der Waals surface area contributed by atoms with Gasteiger partial charge in [0.25, 0.3) is 0 Å². The second-order valence-corrected chi connectivity index (χ2v) is 4.27. The van der Waals surface area contributed by atoms with Gasteiger partial charge in [-0.1, -0.05) is 0 Å². The lowest BCUT2D eigenvalue weighted by molar-refractivity contribution is 0.0185. The quantitative estimate of drug-likeness (QED) is 0.837. The number of anilines is 1. The van der Waals surface area contributed by atoms with Gasteiger partial charge in [0.05, 0.1) is 5.60 Å². The molecule has 0 bridgehead atoms. The summed E-state index contributed by atoms with van der Waals surface area (Å²) in [6.45, 7) is 4.59. The molecule has 0 aliphatic rings. The molecule has 0 spiro atoms. The normalized spacial score (nSPS) is 11.6. The highest BCUT2D eigenvalue weighted by atomic mass is 19.2. The molecular formula is C12H17F2NO. The van der Waals surface area contributed by atoms with Gasteiger partial charge in [-0.2, -0.15) is 0 Å². The topological polar surface area (TPSA) is 21.3 Å². The van der Waals surface area contributed by atoms with Crippen LogP contribution in [0.5, 0.6) is 0 Å². The van der Waals surface area contributed by atoms with Crippen molar-refractivity contribution in [2.75, 3.05) is 19.0 Å². The lowest BCUT2D eigenvalue weighted by Crippen LogP contribution is -2.25. The van der Waals surface area contributed by atoms with E-state index in [4.69, 9.17) is 4.74 Å². The van der Waals surface area contributed by atoms with Crippen LogP contribution in [0.15, 0.2) is 18.2 Å². The zero-order chi connectivity index (χ0) is 12.2. The maximum absolute atomic E-state index is 12.9. The number of methoxy groups -OCH3 is 1. The summed E-state index contributed by atoms with van der Waals surface area (Å²) in [6.07, 6.45) is 0.780. The van der Waals surface area contributed by atoms with Crippen molar-refractivity contribution in [1.82, 2.24) is 0 Å². The van der Waals surface area contributed by atoms with Gasteiger partial charge >= 0.3 is 0 Å². The van der Waals surface area contributed by atoms with E-state index in [9.17, 15) is 8.78 Å². The molecule has 0 fully saturated rings. The molecular weight excluding hydrogens is 212 g/mol. The van der Waals surface area contributed by atoms with E-state index in [0.717, 1.165) is 18.6 Å². The first-order valence-electron chi connectivity index (χ1n) is 5.19. The van der Waals surface area contributed by atoms with Crippen LogP contribution in [0.1, 0.15) is 20.3 Å². The fourth-order valence-electron chi connectivity index (χ4n) is 1.22. The zero-order valence-electron chi connectivity index (χ0n) is 9.81. The highest BCUT2D eigenvalue weighted by Gasteiger charge is 2.15. The third-order valence-corrected chi connectivity index (χ3v) is 2.53. The summed E-state index contributed by atoms with van der Waals surface area (Å²) in [4.78, 5) is 0. The first kappa shape index (κ1) is 12.9. The van der Waals surface area contributed by atoms with Crippen molar-refractivity contribution in [3.05, 3.63) is 29.8 Å². The van der Waals surface area contributed by atoms with Crippen LogP contribution in [-0.4, -0.2) is 19.3 Å². The highest BCUT2D eigenvalue weighted by Crippen LogP contribution is 2.16. The lowest BCUT2D eigenvalue weighted by Gasteiger charge is -2.23. The summed E-state index contributed by atoms with van der Waals surface area (Å²) in [5, 5.41) is 3.02. The molecule has 0 amide bonds. The number of hydrogen-bond donors (Lipinski definition) is 1. The molecule has 0 aliphatic heterocycles. The summed E-state index contributed by atoms with van der Waals surface area (Å²) < 4.78 is 30.8. The van der Waals surface area contributed by atoms with Crippen molar-refractivity contribution in [3.63, 3.8) is 0 Å². The van der Waals surface area contributed by atoms with Crippen LogP contribution in [0.4, 0.5) is 14.5 Å². The van der Waals surface area contributed by atoms with E-state index in [0.29, 0.717) is 12.2 Å². The largest absolute Gasteiger partial charge is 0.385 e. The number of benzene rings is 1. The third-order valence-electron chi connectivity index (χ3n) is 2.53. The number of hydrogen-bond acceptors (Lipinski definition) is 2. The van der Waals surface area contributed by atoms with Gasteiger partial charge < -0.3 is 10.1 Å². The Kier molecular flexibility index (Phi) is 4.24. The Bertz CT molecular complexity index is 353. The van der Waals surface area contributed by atoms with Crippen molar-refractivity contribution < 1.29 is 13.5 Å². The Morgan fingerprint density at radius 1 is 1.25 bits per heavy atom. The molecule has 0 aliphatic carbocycles. The van der Waals surface area contributed by atoms with E-state index in [1.165, 1.54) is 6.07 Å². The average Bonchev–Trinajstić information content (AvgIpc) is 2.23. The number of halogens is 2. The Morgan fingerprint density at radius 3 is 2.50 bits per heavy atom. The van der Waals surface area contributed by atoms with E-state index in [1.807, 2.05) is 13.8 Å². The SMILES string of the molecule is COC(C)(C)CCNc1ccc(F)c(F)c1. The van der Waals surface area contributed by atoms with Crippen molar-refractivity contribution >= 4 is 5.69 Å². The zero-order valence-corrected chi connectivity index (χ0v) is 9.81. The molecule has 0 aromatic heterocycles. The summed E-state index contributed by atoms with van der Waals surface area (Å²) in [5.74, 6) is -1.67. The summed E-state index contributed by atoms with van der Waals surface area (Å²) in [7, 11) is 1.65. The molecule has 16 heavy (non-hydrogen) atoms. The molecule has 1 aromatic carbocycles. The molecule has 90 valence electrons. The average molecular weight is 229 g/mol. The number of rotatable bonds is 5. The third kappa shape index (κ3) is 3.77. The summed E-state index contributed by atoms with van der Waals surface area (Å²) >= 11 is 0. The Hall–Kier alpha value is -1.16. The Morgan fingerprint density at radius 2 is 1.94 bits per heavy atom. The van der Waals surface area contributed by atoms with Gasteiger partial charge in [0.1, 0.15) is 0 Å². The first-order valence-corrected chi connectivity index (χ1v) is 5.19. The molecule has 1 aromatic rings.